The molecule has 0 bridgehead atoms. The zero-order chi connectivity index (χ0) is 13.9. The SMILES string of the molecule is CCC(Cl)C(C)Cc1ncc(C)c([N+](=O)[O-])c1C. The van der Waals surface area contributed by atoms with Gasteiger partial charge in [0.2, 0.25) is 0 Å². The van der Waals surface area contributed by atoms with E-state index in [4.69, 9.17) is 11.6 Å². The Morgan fingerprint density at radius 1 is 1.50 bits per heavy atom. The van der Waals surface area contributed by atoms with E-state index in [0.717, 1.165) is 12.1 Å². The Morgan fingerprint density at radius 2 is 2.11 bits per heavy atom. The van der Waals surface area contributed by atoms with Gasteiger partial charge >= 0.3 is 0 Å². The van der Waals surface area contributed by atoms with Gasteiger partial charge in [-0.2, -0.15) is 0 Å². The number of rotatable bonds is 5. The molecule has 0 aromatic carbocycles. The van der Waals surface area contributed by atoms with Gasteiger partial charge in [0.15, 0.2) is 0 Å². The molecular formula is C13H19ClN2O2. The lowest BCUT2D eigenvalue weighted by molar-refractivity contribution is -0.386. The minimum absolute atomic E-state index is 0.0755. The first-order chi connectivity index (χ1) is 8.38. The number of pyridine rings is 1. The molecule has 0 N–H and O–H groups in total. The summed E-state index contributed by atoms with van der Waals surface area (Å²) in [5.41, 5.74) is 2.22. The van der Waals surface area contributed by atoms with Crippen molar-refractivity contribution in [3.05, 3.63) is 33.1 Å². The fourth-order valence-electron chi connectivity index (χ4n) is 2.09. The molecule has 0 amide bonds. The number of nitrogens with zero attached hydrogens (tertiary/aromatic N) is 2. The van der Waals surface area contributed by atoms with Crippen LogP contribution >= 0.6 is 11.6 Å². The van der Waals surface area contributed by atoms with E-state index in [-0.39, 0.29) is 21.9 Å². The minimum Gasteiger partial charge on any atom is -0.260 e. The molecule has 1 heterocycles. The fourth-order valence-corrected chi connectivity index (χ4v) is 2.18. The first-order valence-electron chi connectivity index (χ1n) is 6.12. The smallest absolute Gasteiger partial charge is 0.260 e. The van der Waals surface area contributed by atoms with E-state index in [9.17, 15) is 10.1 Å². The Morgan fingerprint density at radius 3 is 2.61 bits per heavy atom. The molecule has 0 aliphatic heterocycles. The maximum atomic E-state index is 11.0. The second-order valence-electron chi connectivity index (χ2n) is 4.72. The van der Waals surface area contributed by atoms with Crippen LogP contribution in [-0.4, -0.2) is 15.3 Å². The molecule has 0 radical (unpaired) electrons. The van der Waals surface area contributed by atoms with Gasteiger partial charge in [-0.05, 0) is 32.6 Å². The number of halogens is 1. The molecule has 1 rings (SSSR count). The van der Waals surface area contributed by atoms with Crippen LogP contribution in [0, 0.1) is 29.9 Å². The third-order valence-corrected chi connectivity index (χ3v) is 4.02. The van der Waals surface area contributed by atoms with Gasteiger partial charge in [-0.3, -0.25) is 15.1 Å². The highest BCUT2D eigenvalue weighted by atomic mass is 35.5. The Kier molecular flexibility index (Phi) is 5.08. The van der Waals surface area contributed by atoms with Gasteiger partial charge in [0.1, 0.15) is 0 Å². The number of nitro groups is 1. The summed E-state index contributed by atoms with van der Waals surface area (Å²) in [6, 6.07) is 0. The van der Waals surface area contributed by atoms with Gasteiger partial charge in [0.05, 0.1) is 10.6 Å². The van der Waals surface area contributed by atoms with Crippen LogP contribution in [0.2, 0.25) is 0 Å². The number of hydrogen-bond donors (Lipinski definition) is 0. The molecule has 0 saturated heterocycles. The molecule has 5 heteroatoms. The monoisotopic (exact) mass is 270 g/mol. The molecule has 4 nitrogen and oxygen atoms in total. The van der Waals surface area contributed by atoms with Crippen molar-refractivity contribution < 1.29 is 4.92 Å². The summed E-state index contributed by atoms with van der Waals surface area (Å²) in [6.07, 6.45) is 3.13. The standard InChI is InChI=1S/C13H19ClN2O2/c1-5-11(14)8(2)6-12-10(4)13(16(17)18)9(3)7-15-12/h7-8,11H,5-6H2,1-4H3. The van der Waals surface area contributed by atoms with Gasteiger partial charge < -0.3 is 0 Å². The lowest BCUT2D eigenvalue weighted by Crippen LogP contribution is -2.15. The highest BCUT2D eigenvalue weighted by molar-refractivity contribution is 6.20. The van der Waals surface area contributed by atoms with Crippen molar-refractivity contribution >= 4 is 17.3 Å². The second kappa shape index (κ2) is 6.14. The lowest BCUT2D eigenvalue weighted by Gasteiger charge is -2.17. The summed E-state index contributed by atoms with van der Waals surface area (Å²) in [4.78, 5) is 15.0. The zero-order valence-corrected chi connectivity index (χ0v) is 12.0. The second-order valence-corrected chi connectivity index (χ2v) is 5.28. The fraction of sp³-hybridized carbons (Fsp3) is 0.615. The van der Waals surface area contributed by atoms with Gasteiger partial charge in [-0.1, -0.05) is 13.8 Å². The van der Waals surface area contributed by atoms with Crippen LogP contribution in [0.1, 0.15) is 37.1 Å². The van der Waals surface area contributed by atoms with E-state index in [1.807, 2.05) is 13.8 Å². The van der Waals surface area contributed by atoms with Crippen molar-refractivity contribution in [1.29, 1.82) is 0 Å². The summed E-state index contributed by atoms with van der Waals surface area (Å²) >= 11 is 6.19. The molecule has 2 atom stereocenters. The van der Waals surface area contributed by atoms with E-state index in [1.165, 1.54) is 0 Å². The normalized spacial score (nSPS) is 14.3. The third kappa shape index (κ3) is 3.19. The van der Waals surface area contributed by atoms with Gasteiger partial charge in [-0.25, -0.2) is 0 Å². The van der Waals surface area contributed by atoms with Crippen LogP contribution in [0.15, 0.2) is 6.20 Å². The Hall–Kier alpha value is -1.16. The quantitative estimate of drug-likeness (QED) is 0.464. The molecule has 1 aromatic heterocycles. The topological polar surface area (TPSA) is 56.0 Å². The van der Waals surface area contributed by atoms with Gasteiger partial charge in [-0.15, -0.1) is 11.6 Å². The van der Waals surface area contributed by atoms with Crippen LogP contribution in [0.4, 0.5) is 5.69 Å². The maximum absolute atomic E-state index is 11.0. The van der Waals surface area contributed by atoms with E-state index in [1.54, 1.807) is 20.0 Å². The van der Waals surface area contributed by atoms with E-state index < -0.39 is 0 Å². The average Bonchev–Trinajstić information content (AvgIpc) is 2.31. The third-order valence-electron chi connectivity index (χ3n) is 3.28. The van der Waals surface area contributed by atoms with Crippen LogP contribution < -0.4 is 0 Å². The highest BCUT2D eigenvalue weighted by Gasteiger charge is 2.21. The van der Waals surface area contributed by atoms with E-state index in [0.29, 0.717) is 17.5 Å². The summed E-state index contributed by atoms with van der Waals surface area (Å²) in [5, 5.41) is 11.1. The molecule has 1 aromatic rings. The molecule has 0 saturated carbocycles. The highest BCUT2D eigenvalue weighted by Crippen LogP contribution is 2.27. The van der Waals surface area contributed by atoms with E-state index >= 15 is 0 Å². The minimum atomic E-state index is -0.335. The average molecular weight is 271 g/mol. The molecule has 0 aliphatic rings. The Labute approximate surface area is 113 Å². The summed E-state index contributed by atoms with van der Waals surface area (Å²) in [7, 11) is 0. The Balaban J connectivity index is 3.05. The number of hydrogen-bond acceptors (Lipinski definition) is 3. The van der Waals surface area contributed by atoms with Crippen LogP contribution in [0.25, 0.3) is 0 Å². The van der Waals surface area contributed by atoms with Crippen LogP contribution in [0.5, 0.6) is 0 Å². The number of aryl methyl sites for hydroxylation is 1. The molecule has 0 aliphatic carbocycles. The van der Waals surface area contributed by atoms with Crippen molar-refractivity contribution in [1.82, 2.24) is 4.98 Å². The van der Waals surface area contributed by atoms with Crippen molar-refractivity contribution in [2.75, 3.05) is 0 Å². The van der Waals surface area contributed by atoms with Crippen LogP contribution in [0.3, 0.4) is 0 Å². The van der Waals surface area contributed by atoms with E-state index in [2.05, 4.69) is 4.98 Å². The summed E-state index contributed by atoms with van der Waals surface area (Å²) < 4.78 is 0. The molecule has 0 fully saturated rings. The van der Waals surface area contributed by atoms with Crippen molar-refractivity contribution in [2.45, 2.75) is 45.9 Å². The number of aromatic nitrogens is 1. The first-order valence-corrected chi connectivity index (χ1v) is 6.55. The van der Waals surface area contributed by atoms with Gasteiger partial charge in [0.25, 0.3) is 5.69 Å². The van der Waals surface area contributed by atoms with Crippen LogP contribution in [-0.2, 0) is 6.42 Å². The molecule has 18 heavy (non-hydrogen) atoms. The van der Waals surface area contributed by atoms with Crippen molar-refractivity contribution in [2.24, 2.45) is 5.92 Å². The summed E-state index contributed by atoms with van der Waals surface area (Å²) in [5.74, 6) is 0.255. The predicted molar refractivity (Wildman–Crippen MR) is 73.2 cm³/mol. The van der Waals surface area contributed by atoms with Crippen molar-refractivity contribution in [3.8, 4) is 0 Å². The molecular weight excluding hydrogens is 252 g/mol. The molecule has 100 valence electrons. The largest absolute Gasteiger partial charge is 0.278 e. The predicted octanol–water partition coefficient (Wildman–Crippen LogP) is 3.80. The molecule has 2 unspecified atom stereocenters. The van der Waals surface area contributed by atoms with Crippen molar-refractivity contribution in [3.63, 3.8) is 0 Å². The lowest BCUT2D eigenvalue weighted by atomic mass is 9.96. The Bertz CT molecular complexity index is 449. The van der Waals surface area contributed by atoms with Gasteiger partial charge in [0, 0.05) is 22.7 Å². The maximum Gasteiger partial charge on any atom is 0.278 e. The number of alkyl halides is 1. The zero-order valence-electron chi connectivity index (χ0n) is 11.2. The first kappa shape index (κ1) is 14.9. The molecule has 0 spiro atoms. The summed E-state index contributed by atoms with van der Waals surface area (Å²) in [6.45, 7) is 7.55.